The Morgan fingerprint density at radius 3 is 2.53 bits per heavy atom. The maximum atomic E-state index is 13.6. The molecule has 8 heteroatoms. The summed E-state index contributed by atoms with van der Waals surface area (Å²) in [6.45, 7) is 5.70. The molecule has 0 spiro atoms. The van der Waals surface area contributed by atoms with Crippen LogP contribution in [0.5, 0.6) is 0 Å². The number of carbonyl (C=O) groups is 1. The van der Waals surface area contributed by atoms with Gasteiger partial charge in [-0.1, -0.05) is 41.2 Å². The first-order valence-corrected chi connectivity index (χ1v) is 12.3. The number of fused-ring (bicyclic) bond motifs is 1. The van der Waals surface area contributed by atoms with E-state index in [0.717, 1.165) is 16.7 Å². The highest BCUT2D eigenvalue weighted by Gasteiger charge is 2.33. The molecule has 6 nitrogen and oxygen atoms in total. The van der Waals surface area contributed by atoms with Gasteiger partial charge in [-0.2, -0.15) is 0 Å². The van der Waals surface area contributed by atoms with Gasteiger partial charge in [0.2, 0.25) is 0 Å². The van der Waals surface area contributed by atoms with Gasteiger partial charge in [-0.25, -0.2) is 14.2 Å². The van der Waals surface area contributed by atoms with Crippen molar-refractivity contribution in [2.24, 2.45) is 4.99 Å². The second kappa shape index (κ2) is 9.54. The summed E-state index contributed by atoms with van der Waals surface area (Å²) in [5, 5.41) is 0. The van der Waals surface area contributed by atoms with Crippen molar-refractivity contribution in [1.82, 2.24) is 4.57 Å². The van der Waals surface area contributed by atoms with E-state index >= 15 is 0 Å². The van der Waals surface area contributed by atoms with Crippen LogP contribution in [0.1, 0.15) is 36.8 Å². The van der Waals surface area contributed by atoms with Crippen molar-refractivity contribution in [2.75, 3.05) is 6.61 Å². The number of rotatable bonds is 5. The summed E-state index contributed by atoms with van der Waals surface area (Å²) in [5.41, 5.74) is 3.17. The van der Waals surface area contributed by atoms with Crippen LogP contribution in [0.25, 0.3) is 17.4 Å². The van der Waals surface area contributed by atoms with Crippen molar-refractivity contribution in [3.8, 4) is 11.3 Å². The maximum Gasteiger partial charge on any atom is 0.338 e. The van der Waals surface area contributed by atoms with Crippen molar-refractivity contribution in [1.29, 1.82) is 0 Å². The fraction of sp³-hybridized carbons (Fsp3) is 0.179. The molecule has 0 saturated heterocycles. The van der Waals surface area contributed by atoms with E-state index in [9.17, 15) is 14.0 Å². The van der Waals surface area contributed by atoms with Gasteiger partial charge in [-0.3, -0.25) is 9.36 Å². The zero-order valence-electron chi connectivity index (χ0n) is 19.9. The molecule has 5 rings (SSSR count). The first-order valence-electron chi connectivity index (χ1n) is 11.5. The Kier molecular flexibility index (Phi) is 6.28. The molecule has 182 valence electrons. The summed E-state index contributed by atoms with van der Waals surface area (Å²) in [6, 6.07) is 16.6. The van der Waals surface area contributed by atoms with Crippen molar-refractivity contribution >= 4 is 23.4 Å². The van der Waals surface area contributed by atoms with E-state index in [4.69, 9.17) is 9.15 Å². The molecular formula is C28H23FN2O4S. The van der Waals surface area contributed by atoms with Crippen LogP contribution in [0.2, 0.25) is 0 Å². The van der Waals surface area contributed by atoms with E-state index in [-0.39, 0.29) is 18.0 Å². The monoisotopic (exact) mass is 502 g/mol. The minimum atomic E-state index is -0.658. The van der Waals surface area contributed by atoms with Crippen molar-refractivity contribution in [3.05, 3.63) is 114 Å². The highest BCUT2D eigenvalue weighted by Crippen LogP contribution is 2.31. The normalized spacial score (nSPS) is 15.6. The molecule has 1 aliphatic heterocycles. The Labute approximate surface area is 210 Å². The number of furan rings is 1. The van der Waals surface area contributed by atoms with Crippen LogP contribution in [0.15, 0.2) is 86.1 Å². The number of thiazole rings is 1. The van der Waals surface area contributed by atoms with E-state index in [1.165, 1.54) is 23.5 Å². The van der Waals surface area contributed by atoms with Crippen LogP contribution in [0, 0.1) is 12.7 Å². The summed E-state index contributed by atoms with van der Waals surface area (Å²) in [4.78, 5) is 31.7. The minimum Gasteiger partial charge on any atom is -0.463 e. The number of nitrogens with zero attached hydrogens (tertiary/aromatic N) is 2. The van der Waals surface area contributed by atoms with Crippen LogP contribution >= 0.6 is 11.3 Å². The number of hydrogen-bond acceptors (Lipinski definition) is 6. The van der Waals surface area contributed by atoms with Gasteiger partial charge in [0.05, 0.1) is 28.5 Å². The molecule has 3 heterocycles. The van der Waals surface area contributed by atoms with E-state index < -0.39 is 12.0 Å². The van der Waals surface area contributed by atoms with Crippen LogP contribution in [0.4, 0.5) is 4.39 Å². The van der Waals surface area contributed by atoms with Crippen LogP contribution < -0.4 is 14.9 Å². The van der Waals surface area contributed by atoms with Crippen LogP contribution in [0.3, 0.4) is 0 Å². The molecule has 0 fully saturated rings. The quantitative estimate of drug-likeness (QED) is 0.377. The minimum absolute atomic E-state index is 0.218. The molecule has 0 amide bonds. The number of esters is 1. The molecule has 2 aromatic carbocycles. The number of halogens is 1. The molecule has 0 unspecified atom stereocenters. The van der Waals surface area contributed by atoms with Gasteiger partial charge in [-0.05, 0) is 62.7 Å². The molecule has 2 aromatic heterocycles. The summed E-state index contributed by atoms with van der Waals surface area (Å²) in [6.07, 6.45) is 1.66. The van der Waals surface area contributed by atoms with Gasteiger partial charge in [0, 0.05) is 11.6 Å². The van der Waals surface area contributed by atoms with Gasteiger partial charge in [0.1, 0.15) is 17.3 Å². The number of hydrogen-bond donors (Lipinski definition) is 0. The molecular weight excluding hydrogens is 479 g/mol. The molecule has 36 heavy (non-hydrogen) atoms. The standard InChI is InChI=1S/C28H23FN2O4S/c1-4-34-27(33)24-17(3)30-28-31(25(24)19-7-5-16(2)6-8-19)26(32)23(36-28)15-21-13-14-22(35-21)18-9-11-20(29)12-10-18/h5-15,25H,4H2,1-3H3/b23-15+/t25-/m1/s1. The Balaban J connectivity index is 1.63. The lowest BCUT2D eigenvalue weighted by Gasteiger charge is -2.24. The average molecular weight is 503 g/mol. The average Bonchev–Trinajstić information content (AvgIpc) is 3.44. The Morgan fingerprint density at radius 2 is 1.83 bits per heavy atom. The maximum absolute atomic E-state index is 13.6. The molecule has 0 radical (unpaired) electrons. The molecule has 1 atom stereocenters. The fourth-order valence-electron chi connectivity index (χ4n) is 4.18. The number of aromatic nitrogens is 1. The van der Waals surface area contributed by atoms with Crippen LogP contribution in [-0.2, 0) is 9.53 Å². The Hall–Kier alpha value is -4.04. The second-order valence-corrected chi connectivity index (χ2v) is 9.43. The molecule has 0 N–H and O–H groups in total. The zero-order chi connectivity index (χ0) is 25.4. The number of carbonyl (C=O) groups excluding carboxylic acids is 1. The second-order valence-electron chi connectivity index (χ2n) is 8.42. The molecule has 4 aromatic rings. The van der Waals surface area contributed by atoms with E-state index in [2.05, 4.69) is 4.99 Å². The van der Waals surface area contributed by atoms with Crippen molar-refractivity contribution in [3.63, 3.8) is 0 Å². The third-order valence-electron chi connectivity index (χ3n) is 5.94. The molecule has 1 aliphatic rings. The topological polar surface area (TPSA) is 73.8 Å². The number of aryl methyl sites for hydroxylation is 1. The fourth-order valence-corrected chi connectivity index (χ4v) is 5.21. The lowest BCUT2D eigenvalue weighted by atomic mass is 9.95. The number of ether oxygens (including phenoxy) is 1. The van der Waals surface area contributed by atoms with Crippen molar-refractivity contribution < 1.29 is 18.3 Å². The largest absolute Gasteiger partial charge is 0.463 e. The lowest BCUT2D eigenvalue weighted by Crippen LogP contribution is -2.39. The summed E-state index contributed by atoms with van der Waals surface area (Å²) < 4.78 is 26.5. The first-order chi connectivity index (χ1) is 17.4. The van der Waals surface area contributed by atoms with Gasteiger partial charge in [-0.15, -0.1) is 0 Å². The molecule has 0 aliphatic carbocycles. The van der Waals surface area contributed by atoms with Gasteiger partial charge >= 0.3 is 5.97 Å². The smallest absolute Gasteiger partial charge is 0.338 e. The Bertz CT molecular complexity index is 1660. The van der Waals surface area contributed by atoms with E-state index in [1.54, 1.807) is 48.8 Å². The van der Waals surface area contributed by atoms with Crippen molar-refractivity contribution in [2.45, 2.75) is 26.8 Å². The van der Waals surface area contributed by atoms with E-state index in [0.29, 0.717) is 32.1 Å². The van der Waals surface area contributed by atoms with Gasteiger partial charge in [0.25, 0.3) is 5.56 Å². The highest BCUT2D eigenvalue weighted by atomic mass is 32.1. The summed E-state index contributed by atoms with van der Waals surface area (Å²) >= 11 is 1.23. The highest BCUT2D eigenvalue weighted by molar-refractivity contribution is 7.07. The molecule has 0 saturated carbocycles. The zero-order valence-corrected chi connectivity index (χ0v) is 20.8. The van der Waals surface area contributed by atoms with Gasteiger partial charge in [0.15, 0.2) is 4.80 Å². The third kappa shape index (κ3) is 4.35. The molecule has 0 bridgehead atoms. The lowest BCUT2D eigenvalue weighted by molar-refractivity contribution is -0.139. The van der Waals surface area contributed by atoms with Crippen LogP contribution in [-0.4, -0.2) is 17.1 Å². The van der Waals surface area contributed by atoms with E-state index in [1.807, 2.05) is 31.2 Å². The predicted octanol–water partition coefficient (Wildman–Crippen LogP) is 4.51. The number of benzene rings is 2. The van der Waals surface area contributed by atoms with Gasteiger partial charge < -0.3 is 9.15 Å². The predicted molar refractivity (Wildman–Crippen MR) is 136 cm³/mol. The number of allylic oxidation sites excluding steroid dienone is 1. The first kappa shape index (κ1) is 23.7. The third-order valence-corrected chi connectivity index (χ3v) is 6.92. The SMILES string of the molecule is CCOC(=O)C1=C(C)N=c2s/c(=C/c3ccc(-c4ccc(F)cc4)o3)c(=O)n2[C@@H]1c1ccc(C)cc1. The summed E-state index contributed by atoms with van der Waals surface area (Å²) in [5.74, 6) is 0.223. The summed E-state index contributed by atoms with van der Waals surface area (Å²) in [7, 11) is 0. The Morgan fingerprint density at radius 1 is 1.11 bits per heavy atom.